The van der Waals surface area contributed by atoms with E-state index in [9.17, 15) is 34.8 Å². The Morgan fingerprint density at radius 1 is 0.935 bits per heavy atom. The second kappa shape index (κ2) is 4.91. The highest BCUT2D eigenvalue weighted by Crippen LogP contribution is 2.84. The van der Waals surface area contributed by atoms with Crippen LogP contribution in [0.2, 0.25) is 0 Å². The fraction of sp³-hybridized carbons (Fsp3) is 0.850. The van der Waals surface area contributed by atoms with Crippen LogP contribution in [-0.4, -0.2) is 86.3 Å². The normalized spacial score (nSPS) is 61.0. The van der Waals surface area contributed by atoms with Gasteiger partial charge in [0.15, 0.2) is 17.8 Å². The topological polar surface area (TPSA) is 169 Å². The Kier molecular flexibility index (Phi) is 3.15. The Morgan fingerprint density at radius 3 is 2.19 bits per heavy atom. The van der Waals surface area contributed by atoms with Gasteiger partial charge in [-0.2, -0.15) is 0 Å². The van der Waals surface area contributed by atoms with Gasteiger partial charge in [0.05, 0.1) is 22.9 Å². The summed E-state index contributed by atoms with van der Waals surface area (Å²) in [6, 6.07) is 0. The summed E-state index contributed by atoms with van der Waals surface area (Å²) in [7, 11) is 0. The molecule has 0 aromatic carbocycles. The van der Waals surface area contributed by atoms with Crippen molar-refractivity contribution < 1.29 is 53.8 Å². The second-order valence-electron chi connectivity index (χ2n) is 10.8. The molecule has 4 heterocycles. The molecule has 170 valence electrons. The smallest absolute Gasteiger partial charge is 0.343 e. The molecule has 0 radical (unpaired) electrons. The van der Waals surface area contributed by atoms with Crippen LogP contribution in [0.4, 0.5) is 0 Å². The number of carbonyl (C=O) groups excluding carboxylic acids is 3. The number of hydrogen-bond donors (Lipinski definition) is 4. The lowest BCUT2D eigenvalue weighted by atomic mass is 9.51. The molecule has 2 aliphatic carbocycles. The Hall–Kier alpha value is -1.79. The van der Waals surface area contributed by atoms with Crippen LogP contribution in [0, 0.1) is 28.1 Å². The van der Waals surface area contributed by atoms with Gasteiger partial charge in [-0.05, 0) is 12.3 Å². The average molecular weight is 440 g/mol. The van der Waals surface area contributed by atoms with Crippen molar-refractivity contribution in [2.75, 3.05) is 0 Å². The van der Waals surface area contributed by atoms with Gasteiger partial charge in [-0.1, -0.05) is 20.8 Å². The van der Waals surface area contributed by atoms with Gasteiger partial charge in [0.25, 0.3) is 0 Å². The molecule has 11 nitrogen and oxygen atoms in total. The molecule has 6 rings (SSSR count). The van der Waals surface area contributed by atoms with Crippen molar-refractivity contribution >= 4 is 17.9 Å². The van der Waals surface area contributed by atoms with Crippen molar-refractivity contribution in [2.45, 2.75) is 75.7 Å². The quantitative estimate of drug-likeness (QED) is 0.234. The lowest BCUT2D eigenvalue weighted by molar-refractivity contribution is -0.240. The molecule has 0 amide bonds. The zero-order valence-corrected chi connectivity index (χ0v) is 17.3. The van der Waals surface area contributed by atoms with Crippen LogP contribution < -0.4 is 0 Å². The molecule has 12 atom stereocenters. The monoisotopic (exact) mass is 440 g/mol. The van der Waals surface area contributed by atoms with Gasteiger partial charge in [-0.25, -0.2) is 9.59 Å². The number of aliphatic hydroxyl groups excluding tert-OH is 3. The van der Waals surface area contributed by atoms with E-state index in [0.29, 0.717) is 0 Å². The standard InChI is InChI=1S/C20H24O11/c1-5-12(24)28-11-8(22)18-10-6(21)7(16(2,3)4)17(18)9(23)13(25)30-15(17)31-20(18,14(26)29-10)19(5,11)27/h5-11,15,21-23,27H,1-4H3/t5-,6+,7-,8-,9-,10+,11-,15-,17-,18?,19-,20+/m0/s1. The van der Waals surface area contributed by atoms with Crippen LogP contribution in [0.1, 0.15) is 27.7 Å². The summed E-state index contributed by atoms with van der Waals surface area (Å²) in [5, 5.41) is 46.1. The van der Waals surface area contributed by atoms with E-state index in [1.54, 1.807) is 20.8 Å². The van der Waals surface area contributed by atoms with Crippen molar-refractivity contribution in [1.29, 1.82) is 0 Å². The van der Waals surface area contributed by atoms with Crippen LogP contribution in [0.15, 0.2) is 0 Å². The fourth-order valence-corrected chi connectivity index (χ4v) is 8.27. The van der Waals surface area contributed by atoms with Crippen LogP contribution >= 0.6 is 0 Å². The van der Waals surface area contributed by atoms with E-state index in [-0.39, 0.29) is 0 Å². The third-order valence-corrected chi connectivity index (χ3v) is 8.95. The first kappa shape index (κ1) is 19.9. The molecule has 4 N–H and O–H groups in total. The Morgan fingerprint density at radius 2 is 1.58 bits per heavy atom. The first-order valence-electron chi connectivity index (χ1n) is 10.3. The minimum absolute atomic E-state index is 0.792. The van der Waals surface area contributed by atoms with Gasteiger partial charge in [-0.3, -0.25) is 4.79 Å². The molecule has 4 saturated heterocycles. The van der Waals surface area contributed by atoms with Gasteiger partial charge < -0.3 is 39.4 Å². The molecular weight excluding hydrogens is 416 g/mol. The predicted octanol–water partition coefficient (Wildman–Crippen LogP) is -2.40. The van der Waals surface area contributed by atoms with Crippen LogP contribution in [-0.2, 0) is 33.3 Å². The number of hydrogen-bond acceptors (Lipinski definition) is 11. The third kappa shape index (κ3) is 1.43. The van der Waals surface area contributed by atoms with E-state index in [1.807, 2.05) is 0 Å². The molecule has 6 aliphatic rings. The van der Waals surface area contributed by atoms with Crippen molar-refractivity contribution in [3.63, 3.8) is 0 Å². The van der Waals surface area contributed by atoms with E-state index in [4.69, 9.17) is 18.9 Å². The molecule has 2 spiro atoms. The summed E-state index contributed by atoms with van der Waals surface area (Å²) in [4.78, 5) is 38.3. The summed E-state index contributed by atoms with van der Waals surface area (Å²) >= 11 is 0. The number of carbonyl (C=O) groups is 3. The molecule has 4 aliphatic heterocycles. The Balaban J connectivity index is 1.75. The van der Waals surface area contributed by atoms with Crippen LogP contribution in [0.3, 0.4) is 0 Å². The van der Waals surface area contributed by atoms with E-state index in [0.717, 1.165) is 0 Å². The summed E-state index contributed by atoms with van der Waals surface area (Å²) < 4.78 is 22.2. The maximum absolute atomic E-state index is 13.4. The average Bonchev–Trinajstić information content (AvgIpc) is 3.35. The maximum Gasteiger partial charge on any atom is 0.343 e. The first-order chi connectivity index (χ1) is 14.3. The van der Waals surface area contributed by atoms with E-state index < -0.39 is 94.0 Å². The highest BCUT2D eigenvalue weighted by atomic mass is 16.8. The Bertz CT molecular complexity index is 957. The van der Waals surface area contributed by atoms with E-state index >= 15 is 0 Å². The van der Waals surface area contributed by atoms with E-state index in [1.165, 1.54) is 6.92 Å². The number of aliphatic hydroxyl groups is 4. The third-order valence-electron chi connectivity index (χ3n) is 8.95. The van der Waals surface area contributed by atoms with Crippen molar-refractivity contribution in [3.8, 4) is 0 Å². The number of rotatable bonds is 0. The molecule has 31 heavy (non-hydrogen) atoms. The summed E-state index contributed by atoms with van der Waals surface area (Å²) in [6.45, 7) is 6.63. The highest BCUT2D eigenvalue weighted by molar-refractivity contribution is 5.94. The van der Waals surface area contributed by atoms with Crippen LogP contribution in [0.5, 0.6) is 0 Å². The molecule has 6 fully saturated rings. The lowest BCUT2D eigenvalue weighted by Gasteiger charge is -2.47. The van der Waals surface area contributed by atoms with Crippen molar-refractivity contribution in [2.24, 2.45) is 28.1 Å². The second-order valence-corrected chi connectivity index (χ2v) is 10.8. The minimum Gasteiger partial charge on any atom is -0.456 e. The van der Waals surface area contributed by atoms with E-state index in [2.05, 4.69) is 0 Å². The fourth-order valence-electron chi connectivity index (χ4n) is 8.27. The summed E-state index contributed by atoms with van der Waals surface area (Å²) in [5.74, 6) is -5.22. The molecule has 0 aromatic rings. The highest BCUT2D eigenvalue weighted by Gasteiger charge is 3.05. The molecule has 0 aromatic heterocycles. The zero-order chi connectivity index (χ0) is 22.7. The number of ether oxygens (including phenoxy) is 4. The molecule has 0 bridgehead atoms. The predicted molar refractivity (Wildman–Crippen MR) is 93.4 cm³/mol. The van der Waals surface area contributed by atoms with Crippen molar-refractivity contribution in [1.82, 2.24) is 0 Å². The number of fused-ring (bicyclic) bond motifs is 1. The van der Waals surface area contributed by atoms with Gasteiger partial charge in [-0.15, -0.1) is 0 Å². The first-order valence-corrected chi connectivity index (χ1v) is 10.3. The summed E-state index contributed by atoms with van der Waals surface area (Å²) in [6.07, 6.45) is -9.69. The molecular formula is C20H24O11. The maximum atomic E-state index is 13.4. The van der Waals surface area contributed by atoms with Crippen molar-refractivity contribution in [3.05, 3.63) is 0 Å². The van der Waals surface area contributed by atoms with Gasteiger partial charge >= 0.3 is 17.9 Å². The molecule has 2 saturated carbocycles. The molecule has 11 heteroatoms. The SMILES string of the molecule is C[C@H]1C(=O)O[C@H]2[C@H](O)C34[C@@H]5OC(=O)[C@]3(O[C@@H]3OC(=O)[C@H](O)[C@@]34[C@H](C(C)(C)C)[C@H]5O)[C@]12O. The van der Waals surface area contributed by atoms with Gasteiger partial charge in [0, 0.05) is 5.92 Å². The number of esters is 3. The molecule has 1 unspecified atom stereocenters. The lowest BCUT2D eigenvalue weighted by Crippen LogP contribution is -2.67. The largest absolute Gasteiger partial charge is 0.456 e. The zero-order valence-electron chi connectivity index (χ0n) is 17.3. The Labute approximate surface area is 176 Å². The van der Waals surface area contributed by atoms with Gasteiger partial charge in [0.1, 0.15) is 12.2 Å². The van der Waals surface area contributed by atoms with Gasteiger partial charge in [0.2, 0.25) is 11.9 Å². The van der Waals surface area contributed by atoms with Crippen LogP contribution in [0.25, 0.3) is 0 Å². The summed E-state index contributed by atoms with van der Waals surface area (Å²) in [5.41, 5.74) is -9.40. The minimum atomic E-state index is -2.40.